The Bertz CT molecular complexity index is 832. The minimum Gasteiger partial charge on any atom is -0.359 e. The second kappa shape index (κ2) is 16.9. The van der Waals surface area contributed by atoms with E-state index in [1.54, 1.807) is 0 Å². The van der Waals surface area contributed by atoms with E-state index in [-0.39, 0.29) is 17.9 Å². The van der Waals surface area contributed by atoms with Crippen LogP contribution in [0.4, 0.5) is 5.69 Å². The number of anilines is 1. The normalized spacial score (nSPS) is 16.4. The molecular formula is C29H48N4O2. The molecule has 196 valence electrons. The van der Waals surface area contributed by atoms with Crippen LogP contribution in [0.25, 0.3) is 5.70 Å². The zero-order valence-corrected chi connectivity index (χ0v) is 22.5. The Kier molecular flexibility index (Phi) is 14.7. The number of unbranched alkanes of at least 4 members (excludes halogenated alkanes) is 5. The number of rotatable bonds is 10. The molecule has 6 heteroatoms. The lowest BCUT2D eigenvalue weighted by Crippen LogP contribution is -2.43. The molecule has 2 heterocycles. The van der Waals surface area contributed by atoms with Crippen molar-refractivity contribution in [2.75, 3.05) is 11.9 Å². The molecule has 1 aromatic rings. The van der Waals surface area contributed by atoms with Gasteiger partial charge in [0.15, 0.2) is 0 Å². The Morgan fingerprint density at radius 3 is 2.40 bits per heavy atom. The standard InChI is InChI=1S/C22H30N4O2.C5H12.C2H6/c1-15-20(11-12-22(28)24-15)26-14-18-17(16(26)2)8-7-9-19(18)25-21(27)10-5-3-4-6-13-23;1-3-5-4-2;1-2/h7-9,20H,1-6,10-14,23H2,(H,24,28)(H,25,27);3-5H2,1-2H3;1-2H3. The van der Waals surface area contributed by atoms with E-state index in [0.29, 0.717) is 31.6 Å². The molecule has 0 saturated carbocycles. The van der Waals surface area contributed by atoms with Gasteiger partial charge in [0.05, 0.1) is 6.04 Å². The first-order valence-electron chi connectivity index (χ1n) is 13.5. The average molecular weight is 485 g/mol. The fourth-order valence-corrected chi connectivity index (χ4v) is 4.32. The number of hydrogen-bond acceptors (Lipinski definition) is 4. The lowest BCUT2D eigenvalue weighted by atomic mass is 10.0. The molecular weight excluding hydrogens is 436 g/mol. The maximum atomic E-state index is 12.4. The lowest BCUT2D eigenvalue weighted by Gasteiger charge is -2.35. The van der Waals surface area contributed by atoms with Gasteiger partial charge in [0, 0.05) is 47.6 Å². The molecule has 1 aromatic carbocycles. The van der Waals surface area contributed by atoms with E-state index in [0.717, 1.165) is 54.6 Å². The summed E-state index contributed by atoms with van der Waals surface area (Å²) >= 11 is 0. The Hall–Kier alpha value is -2.60. The van der Waals surface area contributed by atoms with Crippen molar-refractivity contribution in [2.45, 2.75) is 104 Å². The molecule has 2 aliphatic heterocycles. The van der Waals surface area contributed by atoms with Gasteiger partial charge in [-0.05, 0) is 31.9 Å². The summed E-state index contributed by atoms with van der Waals surface area (Å²) in [5.74, 6) is 0.0579. The van der Waals surface area contributed by atoms with E-state index in [2.05, 4.69) is 42.5 Å². The number of carbonyl (C=O) groups is 2. The molecule has 4 N–H and O–H groups in total. The van der Waals surface area contributed by atoms with Crippen LogP contribution in [-0.2, 0) is 16.1 Å². The first-order valence-corrected chi connectivity index (χ1v) is 13.5. The van der Waals surface area contributed by atoms with Crippen molar-refractivity contribution >= 4 is 23.2 Å². The number of carbonyl (C=O) groups excluding carboxylic acids is 2. The maximum Gasteiger partial charge on any atom is 0.224 e. The highest BCUT2D eigenvalue weighted by atomic mass is 16.2. The van der Waals surface area contributed by atoms with Gasteiger partial charge in [0.25, 0.3) is 0 Å². The van der Waals surface area contributed by atoms with Crippen molar-refractivity contribution < 1.29 is 9.59 Å². The summed E-state index contributed by atoms with van der Waals surface area (Å²) < 4.78 is 0. The molecule has 0 aliphatic carbocycles. The third-order valence-electron chi connectivity index (χ3n) is 6.22. The van der Waals surface area contributed by atoms with Gasteiger partial charge in [0.2, 0.25) is 11.8 Å². The van der Waals surface area contributed by atoms with Crippen LogP contribution in [0, 0.1) is 0 Å². The summed E-state index contributed by atoms with van der Waals surface area (Å²) in [6, 6.07) is 5.95. The van der Waals surface area contributed by atoms with E-state index in [1.807, 2.05) is 32.0 Å². The molecule has 2 aliphatic rings. The number of nitrogens with zero attached hydrogens (tertiary/aromatic N) is 1. The highest BCUT2D eigenvalue weighted by Crippen LogP contribution is 2.39. The summed E-state index contributed by atoms with van der Waals surface area (Å²) in [4.78, 5) is 26.1. The van der Waals surface area contributed by atoms with Crippen LogP contribution in [0.3, 0.4) is 0 Å². The maximum absolute atomic E-state index is 12.4. The molecule has 1 atom stereocenters. The zero-order valence-electron chi connectivity index (χ0n) is 22.5. The fourth-order valence-electron chi connectivity index (χ4n) is 4.32. The summed E-state index contributed by atoms with van der Waals surface area (Å²) in [6.45, 7) is 18.1. The molecule has 1 fully saturated rings. The quantitative estimate of drug-likeness (QED) is 0.338. The molecule has 1 unspecified atom stereocenters. The Morgan fingerprint density at radius 2 is 1.80 bits per heavy atom. The van der Waals surface area contributed by atoms with Gasteiger partial charge in [-0.25, -0.2) is 0 Å². The first-order chi connectivity index (χ1) is 16.9. The van der Waals surface area contributed by atoms with Gasteiger partial charge in [-0.2, -0.15) is 0 Å². The lowest BCUT2D eigenvalue weighted by molar-refractivity contribution is -0.122. The summed E-state index contributed by atoms with van der Waals surface area (Å²) in [6.07, 6.45) is 9.79. The highest BCUT2D eigenvalue weighted by Gasteiger charge is 2.34. The third kappa shape index (κ3) is 9.52. The van der Waals surface area contributed by atoms with Crippen LogP contribution < -0.4 is 16.4 Å². The average Bonchev–Trinajstić information content (AvgIpc) is 3.18. The van der Waals surface area contributed by atoms with Gasteiger partial charge >= 0.3 is 0 Å². The monoisotopic (exact) mass is 484 g/mol. The number of nitrogens with one attached hydrogen (secondary N) is 2. The zero-order chi connectivity index (χ0) is 26.2. The van der Waals surface area contributed by atoms with Crippen molar-refractivity contribution in [1.29, 1.82) is 0 Å². The van der Waals surface area contributed by atoms with E-state index in [1.165, 1.54) is 19.3 Å². The second-order valence-corrected chi connectivity index (χ2v) is 8.89. The van der Waals surface area contributed by atoms with Crippen molar-refractivity contribution in [1.82, 2.24) is 10.2 Å². The molecule has 3 rings (SSSR count). The Balaban J connectivity index is 0.000000779. The van der Waals surface area contributed by atoms with Crippen LogP contribution in [0.2, 0.25) is 0 Å². The molecule has 6 nitrogen and oxygen atoms in total. The predicted molar refractivity (Wildman–Crippen MR) is 149 cm³/mol. The van der Waals surface area contributed by atoms with Gasteiger partial charge in [-0.1, -0.05) is 85.1 Å². The SMILES string of the molecule is C=C1NC(=O)CCC1N1Cc2c(NC(=O)CCCCCCN)cccc2C1=C.CC.CCCCC. The van der Waals surface area contributed by atoms with Crippen LogP contribution in [0.5, 0.6) is 0 Å². The van der Waals surface area contributed by atoms with Crippen molar-refractivity contribution in [3.8, 4) is 0 Å². The van der Waals surface area contributed by atoms with Crippen LogP contribution in [-0.4, -0.2) is 29.3 Å². The van der Waals surface area contributed by atoms with E-state index in [4.69, 9.17) is 5.73 Å². The van der Waals surface area contributed by atoms with Crippen molar-refractivity contribution in [3.05, 3.63) is 48.2 Å². The largest absolute Gasteiger partial charge is 0.359 e. The molecule has 0 spiro atoms. The van der Waals surface area contributed by atoms with Gasteiger partial charge in [-0.15, -0.1) is 0 Å². The summed E-state index contributed by atoms with van der Waals surface area (Å²) in [7, 11) is 0. The smallest absolute Gasteiger partial charge is 0.224 e. The van der Waals surface area contributed by atoms with Gasteiger partial charge in [0.1, 0.15) is 0 Å². The third-order valence-corrected chi connectivity index (χ3v) is 6.22. The topological polar surface area (TPSA) is 87.5 Å². The van der Waals surface area contributed by atoms with E-state index >= 15 is 0 Å². The number of hydrogen-bond donors (Lipinski definition) is 3. The summed E-state index contributed by atoms with van der Waals surface area (Å²) in [5, 5.41) is 5.92. The van der Waals surface area contributed by atoms with Crippen molar-refractivity contribution in [2.24, 2.45) is 5.73 Å². The fraction of sp³-hybridized carbons (Fsp3) is 0.586. The van der Waals surface area contributed by atoms with Crippen molar-refractivity contribution in [3.63, 3.8) is 0 Å². The summed E-state index contributed by atoms with van der Waals surface area (Å²) in [5.41, 5.74) is 10.1. The van der Waals surface area contributed by atoms with Crippen LogP contribution in [0.1, 0.15) is 103 Å². The minimum atomic E-state index is 0.0167. The van der Waals surface area contributed by atoms with Crippen LogP contribution >= 0.6 is 0 Å². The van der Waals surface area contributed by atoms with Crippen LogP contribution in [0.15, 0.2) is 37.1 Å². The number of amides is 2. The van der Waals surface area contributed by atoms with E-state index < -0.39 is 0 Å². The van der Waals surface area contributed by atoms with E-state index in [9.17, 15) is 9.59 Å². The highest BCUT2D eigenvalue weighted by molar-refractivity contribution is 5.93. The van der Waals surface area contributed by atoms with Gasteiger partial charge in [-0.3, -0.25) is 9.59 Å². The molecule has 1 saturated heterocycles. The molecule has 0 bridgehead atoms. The molecule has 35 heavy (non-hydrogen) atoms. The number of fused-ring (bicyclic) bond motifs is 1. The molecule has 0 radical (unpaired) electrons. The predicted octanol–water partition coefficient (Wildman–Crippen LogP) is 6.34. The second-order valence-electron chi connectivity index (χ2n) is 8.89. The van der Waals surface area contributed by atoms with Gasteiger partial charge < -0.3 is 21.3 Å². The Morgan fingerprint density at radius 1 is 1.11 bits per heavy atom. The Labute approximate surface area is 213 Å². The molecule has 0 aromatic heterocycles. The minimum absolute atomic E-state index is 0.0167. The first kappa shape index (κ1) is 30.4. The number of nitrogens with two attached hydrogens (primary N) is 1. The molecule has 2 amide bonds. The number of piperidine rings is 1. The number of benzene rings is 1.